The van der Waals surface area contributed by atoms with E-state index >= 15 is 0 Å². The van der Waals surface area contributed by atoms with Crippen molar-refractivity contribution >= 4 is 11.4 Å². The molecule has 3 N–H and O–H groups in total. The maximum Gasteiger partial charge on any atom is 0.196 e. The van der Waals surface area contributed by atoms with Crippen LogP contribution in [-0.4, -0.2) is 27.7 Å². The smallest absolute Gasteiger partial charge is 0.196 e. The van der Waals surface area contributed by atoms with Crippen molar-refractivity contribution in [2.75, 3.05) is 6.61 Å². The van der Waals surface area contributed by atoms with Gasteiger partial charge in [0.15, 0.2) is 5.78 Å². The molecule has 5 nitrogen and oxygen atoms in total. The van der Waals surface area contributed by atoms with Gasteiger partial charge in [-0.15, -0.1) is 0 Å². The molecule has 0 amide bonds. The molecule has 0 heterocycles. The highest BCUT2D eigenvalue weighted by atomic mass is 16.5. The number of benzene rings is 2. The molecule has 3 rings (SSSR count). The summed E-state index contributed by atoms with van der Waals surface area (Å²) < 4.78 is 5.66. The van der Waals surface area contributed by atoms with Crippen LogP contribution < -0.4 is 0 Å². The van der Waals surface area contributed by atoms with Crippen LogP contribution in [0.1, 0.15) is 34.3 Å². The Morgan fingerprint density at radius 3 is 2.70 bits per heavy atom. The van der Waals surface area contributed by atoms with E-state index in [1.54, 1.807) is 30.3 Å². The predicted octanol–water partition coefficient (Wildman–Crippen LogP) is 4.48. The average molecular weight is 364 g/mol. The number of ether oxygens (including phenoxy) is 1. The molecule has 0 atom stereocenters. The van der Waals surface area contributed by atoms with Gasteiger partial charge in [-0.25, -0.2) is 0 Å². The van der Waals surface area contributed by atoms with Gasteiger partial charge in [-0.3, -0.25) is 4.79 Å². The lowest BCUT2D eigenvalue weighted by Gasteiger charge is -2.19. The van der Waals surface area contributed by atoms with E-state index in [-0.39, 0.29) is 28.6 Å². The number of phenolic OH excluding ortho intramolecular Hbond substituents is 2. The molecule has 0 spiro atoms. The van der Waals surface area contributed by atoms with Crippen molar-refractivity contribution in [2.45, 2.75) is 12.8 Å². The summed E-state index contributed by atoms with van der Waals surface area (Å²) >= 11 is 0. The average Bonchev–Trinajstić information content (AvgIpc) is 2.66. The molecular weight excluding hydrogens is 344 g/mol. The lowest BCUT2D eigenvalue weighted by atomic mass is 9.93. The van der Waals surface area contributed by atoms with E-state index in [0.717, 1.165) is 6.07 Å². The standard InChI is InChI=1S/C22H20O5/c1-2-11-27-20-8-4-7-18(24)21(20)14-5-3-6-15(12-14)22(26)17-10-9-16(23)13-19(17)25/h2-3,5-6,8-10,12-13,23-25H,1,4,7,11H2. The fraction of sp³-hybridized carbons (Fsp3) is 0.136. The second kappa shape index (κ2) is 7.83. The molecule has 0 saturated carbocycles. The molecule has 0 radical (unpaired) electrons. The van der Waals surface area contributed by atoms with Crippen LogP contribution in [0, 0.1) is 0 Å². The largest absolute Gasteiger partial charge is 0.512 e. The third kappa shape index (κ3) is 3.87. The number of hydrogen-bond donors (Lipinski definition) is 3. The predicted molar refractivity (Wildman–Crippen MR) is 103 cm³/mol. The second-order valence-electron chi connectivity index (χ2n) is 6.14. The van der Waals surface area contributed by atoms with E-state index in [2.05, 4.69) is 6.58 Å². The Hall–Kier alpha value is -3.47. The molecule has 2 aromatic rings. The number of aromatic hydroxyl groups is 2. The lowest BCUT2D eigenvalue weighted by Crippen LogP contribution is -2.07. The van der Waals surface area contributed by atoms with Gasteiger partial charge in [0.05, 0.1) is 11.1 Å². The van der Waals surface area contributed by atoms with Crippen LogP contribution in [-0.2, 0) is 4.74 Å². The number of phenols is 2. The van der Waals surface area contributed by atoms with E-state index in [9.17, 15) is 20.1 Å². The van der Waals surface area contributed by atoms with E-state index < -0.39 is 0 Å². The van der Waals surface area contributed by atoms with Crippen molar-refractivity contribution < 1.29 is 24.9 Å². The fourth-order valence-corrected chi connectivity index (χ4v) is 2.98. The van der Waals surface area contributed by atoms with Crippen molar-refractivity contribution in [1.29, 1.82) is 0 Å². The van der Waals surface area contributed by atoms with Gasteiger partial charge >= 0.3 is 0 Å². The molecule has 0 unspecified atom stereocenters. The SMILES string of the molecule is C=CCOC1=CCCC(O)=C1c1cccc(C(=O)c2ccc(O)cc2O)c1. The normalized spacial score (nSPS) is 13.9. The Labute approximate surface area is 157 Å². The van der Waals surface area contributed by atoms with Crippen LogP contribution in [0.25, 0.3) is 5.57 Å². The highest BCUT2D eigenvalue weighted by Crippen LogP contribution is 2.34. The van der Waals surface area contributed by atoms with Gasteiger partial charge in [-0.1, -0.05) is 30.9 Å². The molecule has 0 aliphatic heterocycles. The van der Waals surface area contributed by atoms with Gasteiger partial charge in [0, 0.05) is 18.1 Å². The van der Waals surface area contributed by atoms with Crippen molar-refractivity contribution in [3.05, 3.63) is 89.4 Å². The first-order valence-electron chi connectivity index (χ1n) is 8.54. The molecule has 27 heavy (non-hydrogen) atoms. The number of aliphatic hydroxyl groups is 1. The summed E-state index contributed by atoms with van der Waals surface area (Å²) in [7, 11) is 0. The Kier molecular flexibility index (Phi) is 5.31. The summed E-state index contributed by atoms with van der Waals surface area (Å²) in [5.41, 5.74) is 1.63. The molecule has 0 aromatic heterocycles. The molecule has 0 bridgehead atoms. The summed E-state index contributed by atoms with van der Waals surface area (Å²) in [6.07, 6.45) is 4.69. The minimum absolute atomic E-state index is 0.0884. The molecule has 1 aliphatic carbocycles. The minimum Gasteiger partial charge on any atom is -0.512 e. The molecule has 1 aliphatic rings. The third-order valence-corrected chi connectivity index (χ3v) is 4.24. The van der Waals surface area contributed by atoms with Gasteiger partial charge in [-0.2, -0.15) is 0 Å². The first-order valence-corrected chi connectivity index (χ1v) is 8.54. The van der Waals surface area contributed by atoms with Gasteiger partial charge in [0.1, 0.15) is 29.6 Å². The van der Waals surface area contributed by atoms with E-state index in [0.29, 0.717) is 41.9 Å². The van der Waals surface area contributed by atoms with Crippen molar-refractivity contribution in [3.8, 4) is 11.5 Å². The van der Waals surface area contributed by atoms with E-state index in [1.807, 2.05) is 6.08 Å². The Bertz CT molecular complexity index is 953. The molecule has 2 aromatic carbocycles. The molecule has 138 valence electrons. The molecular formula is C22H20O5. The summed E-state index contributed by atoms with van der Waals surface area (Å²) in [5.74, 6) is -0.0450. The van der Waals surface area contributed by atoms with Crippen molar-refractivity contribution in [2.24, 2.45) is 0 Å². The van der Waals surface area contributed by atoms with E-state index in [1.165, 1.54) is 12.1 Å². The van der Waals surface area contributed by atoms with Gasteiger partial charge in [-0.05, 0) is 36.3 Å². The zero-order chi connectivity index (χ0) is 19.4. The first kappa shape index (κ1) is 18.3. The fourth-order valence-electron chi connectivity index (χ4n) is 2.98. The van der Waals surface area contributed by atoms with Crippen LogP contribution in [0.4, 0.5) is 0 Å². The van der Waals surface area contributed by atoms with Crippen LogP contribution in [0.5, 0.6) is 11.5 Å². The summed E-state index contributed by atoms with van der Waals surface area (Å²) in [6.45, 7) is 3.94. The minimum atomic E-state index is -0.386. The number of ketones is 1. The van der Waals surface area contributed by atoms with Crippen LogP contribution in [0.2, 0.25) is 0 Å². The lowest BCUT2D eigenvalue weighted by molar-refractivity contribution is 0.103. The highest BCUT2D eigenvalue weighted by Gasteiger charge is 2.21. The van der Waals surface area contributed by atoms with Gasteiger partial charge in [0.25, 0.3) is 0 Å². The molecule has 0 fully saturated rings. The third-order valence-electron chi connectivity index (χ3n) is 4.24. The highest BCUT2D eigenvalue weighted by molar-refractivity contribution is 6.11. The second-order valence-corrected chi connectivity index (χ2v) is 6.14. The Morgan fingerprint density at radius 1 is 1.15 bits per heavy atom. The number of carbonyl (C=O) groups is 1. The zero-order valence-electron chi connectivity index (χ0n) is 14.7. The van der Waals surface area contributed by atoms with Gasteiger partial charge < -0.3 is 20.1 Å². The number of aliphatic hydroxyl groups excluding tert-OH is 1. The van der Waals surface area contributed by atoms with E-state index in [4.69, 9.17) is 4.74 Å². The summed E-state index contributed by atoms with van der Waals surface area (Å²) in [4.78, 5) is 12.8. The zero-order valence-corrected chi connectivity index (χ0v) is 14.7. The number of hydrogen-bond acceptors (Lipinski definition) is 5. The monoisotopic (exact) mass is 364 g/mol. The topological polar surface area (TPSA) is 87.0 Å². The number of carbonyl (C=O) groups excluding carboxylic acids is 1. The quantitative estimate of drug-likeness (QED) is 0.520. The summed E-state index contributed by atoms with van der Waals surface area (Å²) in [6, 6.07) is 10.6. The van der Waals surface area contributed by atoms with Crippen LogP contribution in [0.3, 0.4) is 0 Å². The number of allylic oxidation sites excluding steroid dienone is 3. The molecule has 5 heteroatoms. The van der Waals surface area contributed by atoms with Crippen LogP contribution >= 0.6 is 0 Å². The number of rotatable bonds is 6. The first-order chi connectivity index (χ1) is 13.0. The van der Waals surface area contributed by atoms with Crippen molar-refractivity contribution in [1.82, 2.24) is 0 Å². The van der Waals surface area contributed by atoms with Crippen LogP contribution in [0.15, 0.2) is 72.7 Å². The maximum absolute atomic E-state index is 12.8. The Balaban J connectivity index is 1.98. The Morgan fingerprint density at radius 2 is 1.96 bits per heavy atom. The van der Waals surface area contributed by atoms with Crippen molar-refractivity contribution in [3.63, 3.8) is 0 Å². The summed E-state index contributed by atoms with van der Waals surface area (Å²) in [5, 5.41) is 29.7. The maximum atomic E-state index is 12.8. The van der Waals surface area contributed by atoms with Gasteiger partial charge in [0.2, 0.25) is 0 Å². The molecule has 0 saturated heterocycles.